The Bertz CT molecular complexity index is 564. The number of fused-ring (bicyclic) bond motifs is 1. The number of hydrogen-bond acceptors (Lipinski definition) is 2. The zero-order chi connectivity index (χ0) is 13.3. The predicted molar refractivity (Wildman–Crippen MR) is 79.6 cm³/mol. The van der Waals surface area contributed by atoms with E-state index in [1.54, 1.807) is 0 Å². The van der Waals surface area contributed by atoms with Gasteiger partial charge in [0.1, 0.15) is 0 Å². The molecule has 1 heterocycles. The normalized spacial score (nSPS) is 13.0. The molecule has 0 saturated heterocycles. The number of hydrogen-bond donors (Lipinski definition) is 0. The number of rotatable bonds is 3. The van der Waals surface area contributed by atoms with Crippen molar-refractivity contribution in [2.24, 2.45) is 0 Å². The highest BCUT2D eigenvalue weighted by Crippen LogP contribution is 2.32. The minimum atomic E-state index is 0.126. The van der Waals surface area contributed by atoms with E-state index in [0.29, 0.717) is 0 Å². The zero-order valence-electron chi connectivity index (χ0n) is 11.2. The van der Waals surface area contributed by atoms with Crippen LogP contribution in [0.1, 0.15) is 36.9 Å². The minimum Gasteiger partial charge on any atom is -0.474 e. The van der Waals surface area contributed by atoms with Gasteiger partial charge >= 0.3 is 0 Å². The van der Waals surface area contributed by atoms with Crippen LogP contribution in [0.4, 0.5) is 0 Å². The fourth-order valence-corrected chi connectivity index (χ4v) is 2.21. The van der Waals surface area contributed by atoms with Crippen LogP contribution in [0.2, 0.25) is 0 Å². The van der Waals surface area contributed by atoms with Crippen molar-refractivity contribution in [3.05, 3.63) is 35.5 Å². The molecule has 0 N–H and O–H groups in total. The second-order valence-electron chi connectivity index (χ2n) is 4.81. The molecule has 0 aliphatic heterocycles. The molecule has 0 radical (unpaired) electrons. The number of pyridine rings is 1. The Kier molecular flexibility index (Phi) is 3.91. The molecule has 1 aromatic carbocycles. The van der Waals surface area contributed by atoms with Gasteiger partial charge in [-0.2, -0.15) is 0 Å². The SMILES string of the molecule is Cc1cccc2cc(C(C)Br)nc(OC(C)C)c12. The Morgan fingerprint density at radius 3 is 2.56 bits per heavy atom. The Balaban J connectivity index is 2.69. The van der Waals surface area contributed by atoms with Gasteiger partial charge in [0.15, 0.2) is 0 Å². The first-order chi connectivity index (χ1) is 8.49. The van der Waals surface area contributed by atoms with Crippen molar-refractivity contribution < 1.29 is 4.74 Å². The molecule has 0 spiro atoms. The summed E-state index contributed by atoms with van der Waals surface area (Å²) in [7, 11) is 0. The second-order valence-corrected chi connectivity index (χ2v) is 6.18. The van der Waals surface area contributed by atoms with E-state index in [-0.39, 0.29) is 10.9 Å². The summed E-state index contributed by atoms with van der Waals surface area (Å²) in [6.45, 7) is 8.21. The summed E-state index contributed by atoms with van der Waals surface area (Å²) in [5.41, 5.74) is 2.20. The van der Waals surface area contributed by atoms with Crippen LogP contribution in [-0.4, -0.2) is 11.1 Å². The molecule has 96 valence electrons. The van der Waals surface area contributed by atoms with Gasteiger partial charge in [0, 0.05) is 5.39 Å². The summed E-state index contributed by atoms with van der Waals surface area (Å²) < 4.78 is 5.87. The molecule has 0 aliphatic rings. The highest BCUT2D eigenvalue weighted by molar-refractivity contribution is 9.09. The lowest BCUT2D eigenvalue weighted by Gasteiger charge is -2.15. The lowest BCUT2D eigenvalue weighted by Crippen LogP contribution is -2.09. The summed E-state index contributed by atoms with van der Waals surface area (Å²) in [6, 6.07) is 8.39. The fraction of sp³-hybridized carbons (Fsp3) is 0.400. The average molecular weight is 308 g/mol. The number of nitrogens with zero attached hydrogens (tertiary/aromatic N) is 1. The van der Waals surface area contributed by atoms with Crippen molar-refractivity contribution in [1.82, 2.24) is 4.98 Å². The maximum absolute atomic E-state index is 5.87. The number of aromatic nitrogens is 1. The van der Waals surface area contributed by atoms with Crippen LogP contribution < -0.4 is 4.74 Å². The van der Waals surface area contributed by atoms with Gasteiger partial charge in [-0.1, -0.05) is 34.1 Å². The van der Waals surface area contributed by atoms with E-state index in [9.17, 15) is 0 Å². The first kappa shape index (κ1) is 13.3. The molecular formula is C15H18BrNO. The van der Waals surface area contributed by atoms with E-state index in [2.05, 4.69) is 59.0 Å². The largest absolute Gasteiger partial charge is 0.474 e. The third-order valence-corrected chi connectivity index (χ3v) is 3.28. The van der Waals surface area contributed by atoms with Crippen LogP contribution in [0.15, 0.2) is 24.3 Å². The van der Waals surface area contributed by atoms with Crippen LogP contribution in [0, 0.1) is 6.92 Å². The Morgan fingerprint density at radius 2 is 1.94 bits per heavy atom. The molecule has 2 rings (SSSR count). The standard InChI is InChI=1S/C15H18BrNO/c1-9(2)18-15-14-10(3)6-5-7-12(14)8-13(17-15)11(4)16/h5-9,11H,1-4H3. The van der Waals surface area contributed by atoms with Crippen LogP contribution >= 0.6 is 15.9 Å². The fourth-order valence-electron chi connectivity index (χ4n) is 1.98. The van der Waals surface area contributed by atoms with Crippen molar-refractivity contribution >= 4 is 26.7 Å². The van der Waals surface area contributed by atoms with Crippen LogP contribution in [0.5, 0.6) is 5.88 Å². The van der Waals surface area contributed by atoms with Crippen LogP contribution in [0.3, 0.4) is 0 Å². The van der Waals surface area contributed by atoms with Crippen molar-refractivity contribution in [3.8, 4) is 5.88 Å². The highest BCUT2D eigenvalue weighted by atomic mass is 79.9. The van der Waals surface area contributed by atoms with Gasteiger partial charge in [0.2, 0.25) is 5.88 Å². The van der Waals surface area contributed by atoms with E-state index in [4.69, 9.17) is 4.74 Å². The van der Waals surface area contributed by atoms with Gasteiger partial charge in [-0.3, -0.25) is 0 Å². The monoisotopic (exact) mass is 307 g/mol. The summed E-state index contributed by atoms with van der Waals surface area (Å²) in [4.78, 5) is 4.85. The topological polar surface area (TPSA) is 22.1 Å². The molecule has 1 unspecified atom stereocenters. The van der Waals surface area contributed by atoms with Gasteiger partial charge in [-0.05, 0) is 44.7 Å². The number of benzene rings is 1. The van der Waals surface area contributed by atoms with Crippen LogP contribution in [-0.2, 0) is 0 Å². The van der Waals surface area contributed by atoms with E-state index in [1.165, 1.54) is 10.9 Å². The molecule has 0 aliphatic carbocycles. The number of alkyl halides is 1. The second kappa shape index (κ2) is 5.27. The maximum atomic E-state index is 5.87. The number of aryl methyl sites for hydroxylation is 1. The molecule has 0 saturated carbocycles. The minimum absolute atomic E-state index is 0.126. The quantitative estimate of drug-likeness (QED) is 0.761. The van der Waals surface area contributed by atoms with Gasteiger partial charge in [-0.15, -0.1) is 0 Å². The van der Waals surface area contributed by atoms with Crippen LogP contribution in [0.25, 0.3) is 10.8 Å². The van der Waals surface area contributed by atoms with E-state index < -0.39 is 0 Å². The van der Waals surface area contributed by atoms with Gasteiger partial charge in [0.25, 0.3) is 0 Å². The van der Waals surface area contributed by atoms with Gasteiger partial charge in [-0.25, -0.2) is 4.98 Å². The molecule has 1 atom stereocenters. The highest BCUT2D eigenvalue weighted by Gasteiger charge is 2.13. The summed E-state index contributed by atoms with van der Waals surface area (Å²) in [5.74, 6) is 0.738. The Labute approximate surface area is 117 Å². The van der Waals surface area contributed by atoms with Gasteiger partial charge in [0.05, 0.1) is 16.6 Å². The maximum Gasteiger partial charge on any atom is 0.222 e. The molecule has 0 bridgehead atoms. The molecule has 2 aromatic rings. The molecule has 2 nitrogen and oxygen atoms in total. The predicted octanol–water partition coefficient (Wildman–Crippen LogP) is 4.79. The lowest BCUT2D eigenvalue weighted by molar-refractivity contribution is 0.235. The number of halogens is 1. The zero-order valence-corrected chi connectivity index (χ0v) is 12.8. The first-order valence-electron chi connectivity index (χ1n) is 6.20. The third-order valence-electron chi connectivity index (χ3n) is 2.81. The third kappa shape index (κ3) is 2.66. The van der Waals surface area contributed by atoms with E-state index >= 15 is 0 Å². The molecular weight excluding hydrogens is 290 g/mol. The van der Waals surface area contributed by atoms with E-state index in [1.807, 2.05) is 13.8 Å². The molecule has 18 heavy (non-hydrogen) atoms. The Hall–Kier alpha value is -1.09. The summed E-state index contributed by atoms with van der Waals surface area (Å²) in [6.07, 6.45) is 0.126. The summed E-state index contributed by atoms with van der Waals surface area (Å²) in [5, 5.41) is 2.30. The number of ether oxygens (including phenoxy) is 1. The van der Waals surface area contributed by atoms with E-state index in [0.717, 1.165) is 17.0 Å². The van der Waals surface area contributed by atoms with Gasteiger partial charge < -0.3 is 4.74 Å². The molecule has 0 fully saturated rings. The smallest absolute Gasteiger partial charge is 0.222 e. The van der Waals surface area contributed by atoms with Crippen molar-refractivity contribution in [2.75, 3.05) is 0 Å². The van der Waals surface area contributed by atoms with Crippen molar-refractivity contribution in [2.45, 2.75) is 38.6 Å². The molecule has 1 aromatic heterocycles. The summed E-state index contributed by atoms with van der Waals surface area (Å²) >= 11 is 3.57. The van der Waals surface area contributed by atoms with Crippen molar-refractivity contribution in [1.29, 1.82) is 0 Å². The van der Waals surface area contributed by atoms with Crippen molar-refractivity contribution in [3.63, 3.8) is 0 Å². The Morgan fingerprint density at radius 1 is 1.22 bits per heavy atom. The molecule has 0 amide bonds. The average Bonchev–Trinajstić information content (AvgIpc) is 2.27. The molecule has 3 heteroatoms. The lowest BCUT2D eigenvalue weighted by atomic mass is 10.1. The first-order valence-corrected chi connectivity index (χ1v) is 7.11.